The first-order chi connectivity index (χ1) is 6.63. The van der Waals surface area contributed by atoms with Gasteiger partial charge in [0.2, 0.25) is 0 Å². The van der Waals surface area contributed by atoms with E-state index in [2.05, 4.69) is 11.7 Å². The zero-order valence-electron chi connectivity index (χ0n) is 11.5. The van der Waals surface area contributed by atoms with Gasteiger partial charge in [-0.15, -0.1) is 0 Å². The van der Waals surface area contributed by atoms with Crippen LogP contribution in [0.25, 0.3) is 0 Å². The molecular weight excluding hydrogens is 208 g/mol. The predicted molar refractivity (Wildman–Crippen MR) is 59.9 cm³/mol. The summed E-state index contributed by atoms with van der Waals surface area (Å²) in [6, 6.07) is 0. The number of carbonyl (C=O) groups is 2. The van der Waals surface area contributed by atoms with Crippen LogP contribution in [0.5, 0.6) is 0 Å². The predicted octanol–water partition coefficient (Wildman–Crippen LogP) is 1.67. The molecule has 0 heterocycles. The number of hydrogen-bond acceptors (Lipinski definition) is 3. The molecule has 0 amide bonds. The Morgan fingerprint density at radius 3 is 2.33 bits per heavy atom. The summed E-state index contributed by atoms with van der Waals surface area (Å²) in [5.74, 6) is -2.72. The number of unbranched alkanes of at least 4 members (excludes halogenated alkanes) is 3. The second-order valence-electron chi connectivity index (χ2n) is 3.26. The topological polar surface area (TPSA) is 63.6 Å². The zero-order chi connectivity index (χ0) is 11.0. The molecule has 0 aromatic carbocycles. The molecule has 0 aliphatic heterocycles. The van der Waals surface area contributed by atoms with Gasteiger partial charge in [-0.2, -0.15) is 0 Å². The normalized spacial score (nSPS) is 11.3. The van der Waals surface area contributed by atoms with E-state index in [0.717, 1.165) is 25.7 Å². The summed E-state index contributed by atoms with van der Waals surface area (Å²) in [4.78, 5) is 21.7. The maximum absolute atomic E-state index is 11.0. The summed E-state index contributed by atoms with van der Waals surface area (Å²) in [7, 11) is 1.21. The molecule has 0 rings (SSSR count). The summed E-state index contributed by atoms with van der Waals surface area (Å²) in [6.45, 7) is 2.08. The van der Waals surface area contributed by atoms with Crippen LogP contribution in [0.2, 0.25) is 0 Å². The van der Waals surface area contributed by atoms with Gasteiger partial charge in [0.15, 0.2) is 5.92 Å². The molecule has 0 aromatic heterocycles. The van der Waals surface area contributed by atoms with Gasteiger partial charge >= 0.3 is 35.0 Å². The zero-order valence-corrected chi connectivity index (χ0v) is 10.9. The average molecular weight is 229 g/mol. The van der Waals surface area contributed by atoms with Crippen molar-refractivity contribution in [2.45, 2.75) is 39.0 Å². The minimum Gasteiger partial charge on any atom is -1.00 e. The third kappa shape index (κ3) is 7.61. The molecule has 0 saturated carbocycles. The van der Waals surface area contributed by atoms with Gasteiger partial charge in [-0.25, -0.2) is 0 Å². The maximum Gasteiger partial charge on any atom is 2.00 e. The van der Waals surface area contributed by atoms with Crippen LogP contribution in [-0.4, -0.2) is 47.2 Å². The average Bonchev–Trinajstić information content (AvgIpc) is 2.16. The van der Waals surface area contributed by atoms with Crippen molar-refractivity contribution in [3.05, 3.63) is 0 Å². The van der Waals surface area contributed by atoms with E-state index in [4.69, 9.17) is 5.11 Å². The maximum atomic E-state index is 11.0. The van der Waals surface area contributed by atoms with Crippen LogP contribution < -0.4 is 0 Å². The summed E-state index contributed by atoms with van der Waals surface area (Å²) in [5.41, 5.74) is 0. The Morgan fingerprint density at radius 1 is 1.33 bits per heavy atom. The summed E-state index contributed by atoms with van der Waals surface area (Å²) in [5, 5.41) is 8.73. The number of ether oxygens (including phenoxy) is 1. The molecule has 0 aromatic rings. The standard InChI is InChI=1S/C10H18O4.Mg.2H/c1-3-4-5-6-7-8(9(11)12)10(13)14-2;;;/h8H,3-7H2,1-2H3,(H,11,12);;;/q;+2;2*-1. The molecule has 1 atom stereocenters. The Balaban J connectivity index is -0.000000282. The van der Waals surface area contributed by atoms with E-state index in [1.165, 1.54) is 7.11 Å². The molecule has 0 bridgehead atoms. The van der Waals surface area contributed by atoms with Gasteiger partial charge < -0.3 is 12.7 Å². The molecule has 1 unspecified atom stereocenters. The number of carbonyl (C=O) groups excluding carboxylic acids is 1. The molecule has 0 aliphatic carbocycles. The van der Waals surface area contributed by atoms with E-state index >= 15 is 0 Å². The first kappa shape index (κ1) is 17.1. The number of esters is 1. The largest absolute Gasteiger partial charge is 2.00 e. The van der Waals surface area contributed by atoms with Crippen molar-refractivity contribution in [2.75, 3.05) is 7.11 Å². The second-order valence-corrected chi connectivity index (χ2v) is 3.26. The van der Waals surface area contributed by atoms with Crippen molar-refractivity contribution in [1.82, 2.24) is 0 Å². The first-order valence-corrected chi connectivity index (χ1v) is 4.94. The van der Waals surface area contributed by atoms with Gasteiger partial charge in [-0.05, 0) is 6.42 Å². The molecule has 1 N–H and O–H groups in total. The minimum atomic E-state index is -1.09. The Morgan fingerprint density at radius 2 is 1.93 bits per heavy atom. The van der Waals surface area contributed by atoms with E-state index in [1.807, 2.05) is 0 Å². The quantitative estimate of drug-likeness (QED) is 0.312. The number of aliphatic carboxylic acids is 1. The molecular formula is C10H20MgO4. The van der Waals surface area contributed by atoms with Crippen molar-refractivity contribution in [3.8, 4) is 0 Å². The summed E-state index contributed by atoms with van der Waals surface area (Å²) < 4.78 is 4.41. The van der Waals surface area contributed by atoms with Crippen molar-refractivity contribution in [3.63, 3.8) is 0 Å². The minimum absolute atomic E-state index is 0. The molecule has 86 valence electrons. The van der Waals surface area contributed by atoms with Crippen LogP contribution in [0, 0.1) is 5.92 Å². The van der Waals surface area contributed by atoms with Crippen LogP contribution in [0.3, 0.4) is 0 Å². The third-order valence-corrected chi connectivity index (χ3v) is 2.13. The van der Waals surface area contributed by atoms with Gasteiger partial charge in [-0.3, -0.25) is 9.59 Å². The van der Waals surface area contributed by atoms with Gasteiger partial charge in [0, 0.05) is 0 Å². The SMILES string of the molecule is CCCCCCC(C(=O)O)C(=O)OC.[H-].[H-].[Mg+2]. The van der Waals surface area contributed by atoms with E-state index in [9.17, 15) is 9.59 Å². The van der Waals surface area contributed by atoms with E-state index < -0.39 is 17.9 Å². The Kier molecular flexibility index (Phi) is 11.7. The number of rotatable bonds is 7. The van der Waals surface area contributed by atoms with E-state index in [-0.39, 0.29) is 25.9 Å². The van der Waals surface area contributed by atoms with Gasteiger partial charge in [0.1, 0.15) is 0 Å². The number of carboxylic acid groups (broad SMARTS) is 1. The Hall–Kier alpha value is -0.294. The fourth-order valence-electron chi connectivity index (χ4n) is 1.26. The smallest absolute Gasteiger partial charge is 1.00 e. The van der Waals surface area contributed by atoms with E-state index in [0.29, 0.717) is 6.42 Å². The number of methoxy groups -OCH3 is 1. The first-order valence-electron chi connectivity index (χ1n) is 4.94. The fourth-order valence-corrected chi connectivity index (χ4v) is 1.26. The van der Waals surface area contributed by atoms with Crippen molar-refractivity contribution in [2.24, 2.45) is 5.92 Å². The summed E-state index contributed by atoms with van der Waals surface area (Å²) in [6.07, 6.45) is 4.28. The van der Waals surface area contributed by atoms with Gasteiger partial charge in [0.25, 0.3) is 0 Å². The van der Waals surface area contributed by atoms with Gasteiger partial charge in [0.05, 0.1) is 7.11 Å². The monoisotopic (exact) mass is 228 g/mol. The van der Waals surface area contributed by atoms with Crippen LogP contribution in [-0.2, 0) is 14.3 Å². The third-order valence-electron chi connectivity index (χ3n) is 2.13. The van der Waals surface area contributed by atoms with Crippen molar-refractivity contribution >= 4 is 35.0 Å². The van der Waals surface area contributed by atoms with Crippen molar-refractivity contribution < 1.29 is 22.3 Å². The molecule has 0 spiro atoms. The Bertz CT molecular complexity index is 203. The van der Waals surface area contributed by atoms with Crippen LogP contribution >= 0.6 is 0 Å². The fraction of sp³-hybridized carbons (Fsp3) is 0.800. The van der Waals surface area contributed by atoms with Gasteiger partial charge in [-0.1, -0.05) is 32.6 Å². The molecule has 0 saturated heterocycles. The molecule has 15 heavy (non-hydrogen) atoms. The van der Waals surface area contributed by atoms with E-state index in [1.54, 1.807) is 0 Å². The molecule has 0 fully saturated rings. The molecule has 0 radical (unpaired) electrons. The molecule has 5 heteroatoms. The van der Waals surface area contributed by atoms with Crippen LogP contribution in [0.1, 0.15) is 41.9 Å². The van der Waals surface area contributed by atoms with Crippen LogP contribution in [0.4, 0.5) is 0 Å². The van der Waals surface area contributed by atoms with Crippen molar-refractivity contribution in [1.29, 1.82) is 0 Å². The molecule has 0 aliphatic rings. The van der Waals surface area contributed by atoms with Crippen LogP contribution in [0.15, 0.2) is 0 Å². The Labute approximate surface area is 109 Å². The summed E-state index contributed by atoms with van der Waals surface area (Å²) >= 11 is 0. The molecule has 4 nitrogen and oxygen atoms in total. The number of hydrogen-bond donors (Lipinski definition) is 1. The number of carboxylic acids is 1. The second kappa shape index (κ2) is 10.2.